The van der Waals surface area contributed by atoms with Crippen molar-refractivity contribution < 1.29 is 9.53 Å². The lowest BCUT2D eigenvalue weighted by molar-refractivity contribution is 0.0700. The van der Waals surface area contributed by atoms with E-state index in [4.69, 9.17) is 9.72 Å². The lowest BCUT2D eigenvalue weighted by Gasteiger charge is -2.32. The largest absolute Gasteiger partial charge is 0.496 e. The van der Waals surface area contributed by atoms with Crippen LogP contribution < -0.4 is 4.74 Å². The molecule has 0 N–H and O–H groups in total. The van der Waals surface area contributed by atoms with Crippen LogP contribution in [0.4, 0.5) is 0 Å². The maximum Gasteiger partial charge on any atom is 0.272 e. The standard InChI is InChI=1S/C27H25N5O2/c1-34-26-13-3-2-8-21(26)24-11-4-9-22(30-24)19-7-6-14-32(17-19)27(33)25-12-5-10-23(31-25)20-15-28-18-29-16-20/h2-5,8-13,15-16,18-19H,6-7,14,17H2,1H3/t19-/m0/s1. The van der Waals surface area contributed by atoms with Gasteiger partial charge in [-0.15, -0.1) is 0 Å². The highest BCUT2D eigenvalue weighted by Gasteiger charge is 2.27. The van der Waals surface area contributed by atoms with Crippen LogP contribution in [0, 0.1) is 0 Å². The van der Waals surface area contributed by atoms with Crippen molar-refractivity contribution in [2.24, 2.45) is 0 Å². The topological polar surface area (TPSA) is 81.1 Å². The predicted octanol–water partition coefficient (Wildman–Crippen LogP) is 4.63. The molecule has 0 bridgehead atoms. The summed E-state index contributed by atoms with van der Waals surface area (Å²) in [6.45, 7) is 1.32. The summed E-state index contributed by atoms with van der Waals surface area (Å²) in [5.74, 6) is 0.893. The lowest BCUT2D eigenvalue weighted by atomic mass is 9.93. The maximum absolute atomic E-state index is 13.3. The fourth-order valence-electron chi connectivity index (χ4n) is 4.40. The number of rotatable bonds is 5. The molecule has 0 aliphatic carbocycles. The number of likely N-dealkylation sites (tertiary alicyclic amines) is 1. The molecule has 4 aromatic rings. The number of amides is 1. The minimum absolute atomic E-state index is 0.0655. The minimum atomic E-state index is -0.0655. The second-order valence-corrected chi connectivity index (χ2v) is 8.27. The molecule has 34 heavy (non-hydrogen) atoms. The highest BCUT2D eigenvalue weighted by molar-refractivity contribution is 5.93. The number of benzene rings is 1. The van der Waals surface area contributed by atoms with Gasteiger partial charge < -0.3 is 9.64 Å². The van der Waals surface area contributed by atoms with Crippen LogP contribution in [0.25, 0.3) is 22.5 Å². The van der Waals surface area contributed by atoms with Crippen molar-refractivity contribution in [2.75, 3.05) is 20.2 Å². The van der Waals surface area contributed by atoms with E-state index in [1.54, 1.807) is 25.6 Å². The number of nitrogens with zero attached hydrogens (tertiary/aromatic N) is 5. The maximum atomic E-state index is 13.3. The first-order valence-electron chi connectivity index (χ1n) is 11.3. The number of carbonyl (C=O) groups is 1. The lowest BCUT2D eigenvalue weighted by Crippen LogP contribution is -2.39. The molecule has 1 aliphatic rings. The molecule has 0 unspecified atom stereocenters. The third-order valence-corrected chi connectivity index (χ3v) is 6.10. The second kappa shape index (κ2) is 9.79. The number of ether oxygens (including phenoxy) is 1. The van der Waals surface area contributed by atoms with Gasteiger partial charge in [-0.2, -0.15) is 0 Å². The smallest absolute Gasteiger partial charge is 0.272 e. The molecule has 1 saturated heterocycles. The van der Waals surface area contributed by atoms with Crippen molar-refractivity contribution in [3.8, 4) is 28.3 Å². The van der Waals surface area contributed by atoms with Crippen molar-refractivity contribution in [1.29, 1.82) is 0 Å². The van der Waals surface area contributed by atoms with E-state index in [0.29, 0.717) is 24.5 Å². The molecule has 4 heterocycles. The average Bonchev–Trinajstić information content (AvgIpc) is 2.93. The Morgan fingerprint density at radius 3 is 2.59 bits per heavy atom. The van der Waals surface area contributed by atoms with Gasteiger partial charge in [-0.25, -0.2) is 15.0 Å². The number of piperidine rings is 1. The zero-order valence-electron chi connectivity index (χ0n) is 19.0. The number of hydrogen-bond acceptors (Lipinski definition) is 6. The van der Waals surface area contributed by atoms with Crippen molar-refractivity contribution in [1.82, 2.24) is 24.8 Å². The quantitative estimate of drug-likeness (QED) is 0.440. The van der Waals surface area contributed by atoms with Crippen molar-refractivity contribution >= 4 is 5.91 Å². The molecule has 1 aromatic carbocycles. The average molecular weight is 452 g/mol. The molecular formula is C27H25N5O2. The molecule has 0 saturated carbocycles. The Labute approximate surface area is 198 Å². The zero-order chi connectivity index (χ0) is 23.3. The van der Waals surface area contributed by atoms with Crippen LogP contribution in [0.1, 0.15) is 34.9 Å². The molecule has 5 rings (SSSR count). The highest BCUT2D eigenvalue weighted by Crippen LogP contribution is 2.31. The van der Waals surface area contributed by atoms with Crippen LogP contribution in [0.5, 0.6) is 5.75 Å². The van der Waals surface area contributed by atoms with Crippen molar-refractivity contribution in [3.63, 3.8) is 0 Å². The van der Waals surface area contributed by atoms with E-state index in [1.807, 2.05) is 59.5 Å². The van der Waals surface area contributed by atoms with E-state index in [-0.39, 0.29) is 11.8 Å². The zero-order valence-corrected chi connectivity index (χ0v) is 19.0. The van der Waals surface area contributed by atoms with Gasteiger partial charge in [-0.05, 0) is 49.2 Å². The van der Waals surface area contributed by atoms with Gasteiger partial charge in [0.1, 0.15) is 17.8 Å². The number of methoxy groups -OCH3 is 1. The molecule has 1 amide bonds. The Morgan fingerprint density at radius 2 is 1.74 bits per heavy atom. The van der Waals surface area contributed by atoms with E-state index in [9.17, 15) is 4.79 Å². The first kappa shape index (κ1) is 21.7. The highest BCUT2D eigenvalue weighted by atomic mass is 16.5. The summed E-state index contributed by atoms with van der Waals surface area (Å²) in [6, 6.07) is 19.4. The van der Waals surface area contributed by atoms with Gasteiger partial charge in [0.15, 0.2) is 0 Å². The second-order valence-electron chi connectivity index (χ2n) is 8.27. The molecule has 0 spiro atoms. The van der Waals surface area contributed by atoms with Crippen LogP contribution in [-0.4, -0.2) is 50.9 Å². The fraction of sp³-hybridized carbons (Fsp3) is 0.222. The van der Waals surface area contributed by atoms with Crippen LogP contribution in [0.15, 0.2) is 79.4 Å². The van der Waals surface area contributed by atoms with Gasteiger partial charge in [0, 0.05) is 48.2 Å². The number of carbonyl (C=O) groups excluding carboxylic acids is 1. The Bertz CT molecular complexity index is 1290. The Hall–Kier alpha value is -4.13. The third kappa shape index (κ3) is 4.50. The van der Waals surface area contributed by atoms with E-state index in [1.165, 1.54) is 6.33 Å². The third-order valence-electron chi connectivity index (χ3n) is 6.10. The van der Waals surface area contributed by atoms with Crippen LogP contribution in [-0.2, 0) is 0 Å². The molecule has 1 fully saturated rings. The Kier molecular flexibility index (Phi) is 6.25. The molecule has 1 aliphatic heterocycles. The molecule has 7 heteroatoms. The molecular weight excluding hydrogens is 426 g/mol. The van der Waals surface area contributed by atoms with E-state index < -0.39 is 0 Å². The van der Waals surface area contributed by atoms with E-state index in [0.717, 1.165) is 41.1 Å². The van der Waals surface area contributed by atoms with E-state index >= 15 is 0 Å². The van der Waals surface area contributed by atoms with Crippen LogP contribution in [0.3, 0.4) is 0 Å². The number of aromatic nitrogens is 4. The SMILES string of the molecule is COc1ccccc1-c1cccc([C@H]2CCCN(C(=O)c3cccc(-c4cncnc4)n3)C2)n1. The van der Waals surface area contributed by atoms with Crippen LogP contribution >= 0.6 is 0 Å². The van der Waals surface area contributed by atoms with Gasteiger partial charge in [0.2, 0.25) is 0 Å². The molecule has 170 valence electrons. The van der Waals surface area contributed by atoms with Crippen molar-refractivity contribution in [2.45, 2.75) is 18.8 Å². The molecule has 1 atom stereocenters. The minimum Gasteiger partial charge on any atom is -0.496 e. The van der Waals surface area contributed by atoms with Gasteiger partial charge in [0.05, 0.1) is 18.5 Å². The Balaban J connectivity index is 1.36. The number of hydrogen-bond donors (Lipinski definition) is 0. The summed E-state index contributed by atoms with van der Waals surface area (Å²) in [4.78, 5) is 32.8. The van der Waals surface area contributed by atoms with Crippen LogP contribution in [0.2, 0.25) is 0 Å². The molecule has 3 aromatic heterocycles. The van der Waals surface area contributed by atoms with Gasteiger partial charge in [-0.3, -0.25) is 9.78 Å². The first-order chi connectivity index (χ1) is 16.7. The molecule has 7 nitrogen and oxygen atoms in total. The molecule has 0 radical (unpaired) electrons. The first-order valence-corrected chi connectivity index (χ1v) is 11.3. The van der Waals surface area contributed by atoms with Gasteiger partial charge in [-0.1, -0.05) is 24.3 Å². The summed E-state index contributed by atoms with van der Waals surface area (Å²) in [5.41, 5.74) is 4.72. The Morgan fingerprint density at radius 1 is 0.941 bits per heavy atom. The van der Waals surface area contributed by atoms with Gasteiger partial charge >= 0.3 is 0 Å². The summed E-state index contributed by atoms with van der Waals surface area (Å²) in [5, 5.41) is 0. The fourth-order valence-corrected chi connectivity index (χ4v) is 4.40. The predicted molar refractivity (Wildman–Crippen MR) is 129 cm³/mol. The summed E-state index contributed by atoms with van der Waals surface area (Å²) in [6.07, 6.45) is 6.77. The normalized spacial score (nSPS) is 15.7. The van der Waals surface area contributed by atoms with E-state index in [2.05, 4.69) is 15.0 Å². The summed E-state index contributed by atoms with van der Waals surface area (Å²) < 4.78 is 5.52. The number of pyridine rings is 2. The monoisotopic (exact) mass is 451 g/mol. The summed E-state index contributed by atoms with van der Waals surface area (Å²) >= 11 is 0. The van der Waals surface area contributed by atoms with Crippen molar-refractivity contribution in [3.05, 3.63) is 90.8 Å². The summed E-state index contributed by atoms with van der Waals surface area (Å²) in [7, 11) is 1.67. The van der Waals surface area contributed by atoms with Gasteiger partial charge in [0.25, 0.3) is 5.91 Å². The number of para-hydroxylation sites is 1.